The highest BCUT2D eigenvalue weighted by molar-refractivity contribution is 6.31. The number of carbonyl (C=O) groups excluding carboxylic acids is 14. The van der Waals surface area contributed by atoms with Crippen molar-refractivity contribution in [2.45, 2.75) is 198 Å². The number of carboxylic acids is 2. The number of esters is 8. The van der Waals surface area contributed by atoms with Gasteiger partial charge in [0.05, 0.1) is 40.3 Å². The molecule has 5 aromatic carbocycles. The van der Waals surface area contributed by atoms with Crippen molar-refractivity contribution in [2.75, 3.05) is 92.2 Å². The molecule has 15 N–H and O–H groups in total. The van der Waals surface area contributed by atoms with E-state index in [4.69, 9.17) is 68.2 Å². The lowest BCUT2D eigenvalue weighted by Crippen LogP contribution is -2.54. The van der Waals surface area contributed by atoms with Crippen LogP contribution in [0.15, 0.2) is 152 Å². The fourth-order valence-corrected chi connectivity index (χ4v) is 11.7. The molecule has 0 radical (unpaired) electrons. The number of benzene rings is 5. The molecule has 0 aliphatic heterocycles. The standard InChI is InChI=1S/C61H73N3O20.C18H38N6O4.C11H13BO5.C2H7B/c65-51(77-35-38-80-57(72)44-21-7-1-8-22-44)32-17-5-15-29-48(43-53(67)79-37-40-82-59(74)46-25-11-3-12-26-46)54(68)63-49(30-16-6-18-33-52(66)78-36-39-81-58(73)45-23-9-2-10-24-45)55(69)64-50(56(70)71)31-19-20-34-62-61(76)84-42-41-83-60(75)47-27-13-4-14-28-47;19-10-4-1-7-13(22)16(25)23-14(8-2-5-11-20)17(26)24-15(18(27)28)9-3-6-12-21;1-12-17-11(14)16-8-7-15-10(13)9-5-3-2-4-6-9;1-3-2/h1-4,7-14,21-28,48-50H,5-6,15-20,29-43H2,(H,62,76)(H,63,68)(H,64,69)(H,70,71);13-15H,1-12,19-22H2,(H,23,25)(H,24,26)(H,27,28);2-6,12H,7-8H2,1H3;3H,1-2H3/i;;12T;3T. The highest BCUT2D eigenvalue weighted by atomic mass is 16.7. The van der Waals surface area contributed by atoms with Crippen molar-refractivity contribution in [2.24, 2.45) is 28.9 Å². The van der Waals surface area contributed by atoms with Gasteiger partial charge in [0, 0.05) is 26.6 Å². The second-order valence-electron chi connectivity index (χ2n) is 29.2. The fraction of sp³-hybridized carbons (Fsp3) is 0.500. The Kier molecular flexibility index (Phi) is 62.4. The van der Waals surface area contributed by atoms with Crippen LogP contribution in [-0.4, -0.2) is 246 Å². The third-order valence-corrected chi connectivity index (χ3v) is 18.6. The summed E-state index contributed by atoms with van der Waals surface area (Å²) in [5.74, 6) is -10.9. The normalized spacial score (nSPS) is 11.9. The molecule has 0 saturated carbocycles. The van der Waals surface area contributed by atoms with Crippen LogP contribution in [0.5, 0.6) is 0 Å². The number of unbranched alkanes of at least 4 members (excludes halogenated alkanes) is 8. The number of carbonyl (C=O) groups is 16. The molecule has 6 unspecified atom stereocenters. The highest BCUT2D eigenvalue weighted by Crippen LogP contribution is 2.20. The van der Waals surface area contributed by atoms with Gasteiger partial charge in [-0.2, -0.15) is 0 Å². The first kappa shape index (κ1) is 112. The summed E-state index contributed by atoms with van der Waals surface area (Å²) in [6.45, 7) is 4.77. The van der Waals surface area contributed by atoms with Gasteiger partial charge < -0.3 is 112 Å². The molecule has 132 heavy (non-hydrogen) atoms. The van der Waals surface area contributed by atoms with Crippen molar-refractivity contribution in [1.29, 1.82) is 2.67 Å². The van der Waals surface area contributed by atoms with Crippen molar-refractivity contribution in [3.8, 4) is 0 Å². The second-order valence-corrected chi connectivity index (χ2v) is 29.2. The van der Waals surface area contributed by atoms with Crippen molar-refractivity contribution in [1.82, 2.24) is 26.6 Å². The number of ether oxygens (including phenoxy) is 10. The van der Waals surface area contributed by atoms with E-state index >= 15 is 0 Å². The topological polar surface area (TPSA) is 579 Å². The SMILES string of the molecule is NCCCCC(N)C(=O)NC(CCCCN)C(=O)NC(CCCCN)C(=O)O.O=C(CCCCCC(CC(=O)OCCOC(=O)c1ccccc1)C(=O)NC(CCCCCC(=O)OCCOC(=O)c1ccccc1)C(=O)NC(CCCCNC(=O)OCCOC(=O)c1ccccc1)C(=O)O)OCCOC(=O)c1ccccc1.[3H]B(C)C.[3H]B(C)OC(=O)OCCOC(=O)c1ccccc1. The molecule has 38 nitrogen and oxygen atoms in total. The summed E-state index contributed by atoms with van der Waals surface area (Å²) in [5, 5.41) is 32.4. The molecule has 0 spiro atoms. The average molecular weight is 1850 g/mol. The van der Waals surface area contributed by atoms with Crippen LogP contribution >= 0.6 is 0 Å². The van der Waals surface area contributed by atoms with Gasteiger partial charge in [-0.1, -0.05) is 137 Å². The first-order valence-corrected chi connectivity index (χ1v) is 44.1. The Balaban J connectivity index is 0.000000978. The summed E-state index contributed by atoms with van der Waals surface area (Å²) in [5.41, 5.74) is 24.0. The molecule has 0 fully saturated rings. The van der Waals surface area contributed by atoms with Crippen LogP contribution in [0.2, 0.25) is 20.5 Å². The molecule has 0 aliphatic carbocycles. The van der Waals surface area contributed by atoms with Crippen molar-refractivity contribution in [3.63, 3.8) is 0 Å². The predicted octanol–water partition coefficient (Wildman–Crippen LogP) is 7.57. The Bertz CT molecular complexity index is 4260. The Labute approximate surface area is 774 Å². The largest absolute Gasteiger partial charge is 0.510 e. The van der Waals surface area contributed by atoms with E-state index in [0.29, 0.717) is 113 Å². The monoisotopic (exact) mass is 1850 g/mol. The predicted molar refractivity (Wildman–Crippen MR) is 488 cm³/mol. The summed E-state index contributed by atoms with van der Waals surface area (Å²) < 4.78 is 68.7. The van der Waals surface area contributed by atoms with Crippen molar-refractivity contribution in [3.05, 3.63) is 179 Å². The molecule has 0 heterocycles. The van der Waals surface area contributed by atoms with Gasteiger partial charge in [-0.25, -0.2) is 43.2 Å². The number of rotatable bonds is 62. The maximum atomic E-state index is 14.2. The van der Waals surface area contributed by atoms with Crippen LogP contribution in [0.4, 0.5) is 9.59 Å². The van der Waals surface area contributed by atoms with Gasteiger partial charge in [0.1, 0.15) is 97.5 Å². The van der Waals surface area contributed by atoms with Gasteiger partial charge in [-0.3, -0.25) is 33.6 Å². The van der Waals surface area contributed by atoms with Crippen molar-refractivity contribution >= 4 is 110 Å². The Hall–Kier alpha value is -12.8. The minimum Gasteiger partial charge on any atom is -0.510 e. The van der Waals surface area contributed by atoms with Gasteiger partial charge in [0.15, 0.2) is 0 Å². The molecule has 0 aromatic heterocycles. The number of nitrogens with one attached hydrogen (secondary N) is 5. The summed E-state index contributed by atoms with van der Waals surface area (Å²) >= 11 is 0. The number of amides is 5. The van der Waals surface area contributed by atoms with E-state index in [1.807, 2.05) is 13.6 Å². The molecule has 5 amide bonds. The first-order valence-electron chi connectivity index (χ1n) is 45.2. The van der Waals surface area contributed by atoms with Crippen LogP contribution in [0, 0.1) is 5.92 Å². The Morgan fingerprint density at radius 2 is 0.621 bits per heavy atom. The molecule has 0 bridgehead atoms. The minimum absolute atomic E-state index is 0.000979. The molecule has 724 valence electrons. The molecule has 40 heteroatoms. The van der Waals surface area contributed by atoms with E-state index in [9.17, 15) is 86.9 Å². The van der Waals surface area contributed by atoms with E-state index in [-0.39, 0.29) is 143 Å². The fourth-order valence-electron chi connectivity index (χ4n) is 11.7. The van der Waals surface area contributed by atoms with Gasteiger partial charge in [0.25, 0.3) is 0 Å². The van der Waals surface area contributed by atoms with E-state index in [1.54, 1.807) is 152 Å². The van der Waals surface area contributed by atoms with Crippen LogP contribution in [-0.2, 0) is 95.2 Å². The molecule has 6 atom stereocenters. The number of aliphatic carboxylic acids is 2. The average Bonchev–Trinajstić information content (AvgIpc) is 0.850. The Morgan fingerprint density at radius 1 is 0.333 bits per heavy atom. The van der Waals surface area contributed by atoms with E-state index < -0.39 is 146 Å². The number of alkyl carbamates (subject to hydrolysis) is 1. The van der Waals surface area contributed by atoms with Crippen LogP contribution in [0.3, 0.4) is 0 Å². The first-order chi connectivity index (χ1) is 64.4. The van der Waals surface area contributed by atoms with Gasteiger partial charge in [-0.15, -0.1) is 0 Å². The molecule has 5 rings (SSSR count). The lowest BCUT2D eigenvalue weighted by atomic mass is 9.88. The highest BCUT2D eigenvalue weighted by Gasteiger charge is 2.32. The molecule has 5 aromatic rings. The molecular formula is C92H131B2N9O29. The van der Waals surface area contributed by atoms with Gasteiger partial charge in [-0.05, 0) is 185 Å². The van der Waals surface area contributed by atoms with Crippen LogP contribution < -0.4 is 49.5 Å². The number of hydrogen-bond donors (Lipinski definition) is 11. The number of hydrogen-bond acceptors (Lipinski definition) is 31. The van der Waals surface area contributed by atoms with Crippen LogP contribution in [0.25, 0.3) is 0 Å². The quantitative estimate of drug-likeness (QED) is 0.00773. The summed E-state index contributed by atoms with van der Waals surface area (Å²) in [7, 11) is -0.899. The molecular weight excluding hydrogens is 1720 g/mol. The lowest BCUT2D eigenvalue weighted by Gasteiger charge is -2.24. The third kappa shape index (κ3) is 55.9. The van der Waals surface area contributed by atoms with E-state index in [1.165, 1.54) is 6.82 Å². The van der Waals surface area contributed by atoms with Gasteiger partial charge in [0.2, 0.25) is 23.6 Å². The lowest BCUT2D eigenvalue weighted by molar-refractivity contribution is -0.148. The van der Waals surface area contributed by atoms with Gasteiger partial charge >= 0.3 is 79.4 Å². The summed E-state index contributed by atoms with van der Waals surface area (Å²) in [6.07, 6.45) is 5.40. The smallest absolute Gasteiger partial charge is 0.489 e. The number of carboxylic acid groups (broad SMARTS) is 2. The van der Waals surface area contributed by atoms with E-state index in [0.717, 1.165) is 12.8 Å². The maximum absolute atomic E-state index is 14.2. The zero-order valence-corrected chi connectivity index (χ0v) is 75.4. The van der Waals surface area contributed by atoms with E-state index in [2.05, 4.69) is 36.0 Å². The van der Waals surface area contributed by atoms with Crippen molar-refractivity contribution < 1.29 is 139 Å². The molecule has 0 saturated heterocycles. The maximum Gasteiger partial charge on any atom is 0.489 e. The number of nitrogens with two attached hydrogens (primary N) is 4. The summed E-state index contributed by atoms with van der Waals surface area (Å²) in [4.78, 5) is 199. The zero-order valence-electron chi connectivity index (χ0n) is 77.4. The Morgan fingerprint density at radius 3 is 0.970 bits per heavy atom. The molecule has 0 aliphatic rings. The second kappa shape index (κ2) is 73.9. The zero-order chi connectivity index (χ0) is 98.9. The minimum atomic E-state index is -1.43. The summed E-state index contributed by atoms with van der Waals surface area (Å²) in [6, 6.07) is 36.1. The van der Waals surface area contributed by atoms with Crippen LogP contribution in [0.1, 0.15) is 199 Å². The third-order valence-electron chi connectivity index (χ3n) is 18.6.